The summed E-state index contributed by atoms with van der Waals surface area (Å²) >= 11 is 1.35. The van der Waals surface area contributed by atoms with Gasteiger partial charge in [-0.25, -0.2) is 4.79 Å². The topological polar surface area (TPSA) is 133 Å². The second-order valence-electron chi connectivity index (χ2n) is 8.84. The summed E-state index contributed by atoms with van der Waals surface area (Å²) in [4.78, 5) is 49.7. The first kappa shape index (κ1) is 24.9. The van der Waals surface area contributed by atoms with E-state index in [1.165, 1.54) is 16.7 Å². The molecule has 2 saturated heterocycles. The highest BCUT2D eigenvalue weighted by Crippen LogP contribution is 2.50. The minimum atomic E-state index is -1.07. The van der Waals surface area contributed by atoms with Gasteiger partial charge in [0.05, 0.1) is 12.5 Å². The molecule has 0 aromatic heterocycles. The van der Waals surface area contributed by atoms with E-state index in [0.29, 0.717) is 17.9 Å². The highest BCUT2D eigenvalue weighted by atomic mass is 32.2. The number of ether oxygens (including phenoxy) is 1. The fourth-order valence-electron chi connectivity index (χ4n) is 4.23. The molecule has 3 N–H and O–H groups in total. The van der Waals surface area contributed by atoms with Crippen LogP contribution in [0.5, 0.6) is 5.75 Å². The van der Waals surface area contributed by atoms with Gasteiger partial charge in [-0.15, -0.1) is 11.8 Å². The molecular formula is C23H30N2O7S. The van der Waals surface area contributed by atoms with Crippen molar-refractivity contribution in [1.82, 2.24) is 10.2 Å². The monoisotopic (exact) mass is 478 g/mol. The summed E-state index contributed by atoms with van der Waals surface area (Å²) in [5.74, 6) is -3.17. The lowest BCUT2D eigenvalue weighted by Crippen LogP contribution is -2.70. The van der Waals surface area contributed by atoms with Gasteiger partial charge < -0.3 is 25.2 Å². The minimum Gasteiger partial charge on any atom is -0.494 e. The molecule has 0 unspecified atom stereocenters. The van der Waals surface area contributed by atoms with Gasteiger partial charge in [-0.1, -0.05) is 25.5 Å². The lowest BCUT2D eigenvalue weighted by molar-refractivity contribution is -0.161. The molecule has 9 nitrogen and oxygen atoms in total. The molecule has 2 heterocycles. The standard InChI is InChI=1S/C23H30N2O7S/c1-4-5-12-32-14-8-6-13(7-9-14)15(21(28)29)10-11-16(26)24-17-19(27)25-18(22(30)31)23(2,3)33-20(17)25/h6-9,15,17-18,20H,4-5,10-12H2,1-3H3,(H,24,26)(H,28,29)(H,30,31)/t15-,17-,18-,20-/m0/s1. The van der Waals surface area contributed by atoms with Crippen LogP contribution in [0.15, 0.2) is 24.3 Å². The molecule has 2 aliphatic heterocycles. The van der Waals surface area contributed by atoms with E-state index in [4.69, 9.17) is 4.74 Å². The molecule has 180 valence electrons. The molecule has 2 fully saturated rings. The maximum Gasteiger partial charge on any atom is 0.327 e. The van der Waals surface area contributed by atoms with Crippen LogP contribution in [0.2, 0.25) is 0 Å². The number of thioether (sulfide) groups is 1. The number of carbonyl (C=O) groups is 4. The summed E-state index contributed by atoms with van der Waals surface area (Å²) in [5.41, 5.74) is 0.571. The summed E-state index contributed by atoms with van der Waals surface area (Å²) in [7, 11) is 0. The van der Waals surface area contributed by atoms with Crippen molar-refractivity contribution in [2.45, 2.75) is 74.6 Å². The Labute approximate surface area is 196 Å². The molecular weight excluding hydrogens is 448 g/mol. The Morgan fingerprint density at radius 1 is 1.21 bits per heavy atom. The van der Waals surface area contributed by atoms with E-state index >= 15 is 0 Å². The number of carboxylic acids is 2. The number of β-lactam (4-membered cyclic amide) rings is 1. The van der Waals surface area contributed by atoms with E-state index in [1.807, 2.05) is 0 Å². The number of carboxylic acid groups (broad SMARTS) is 2. The zero-order chi connectivity index (χ0) is 24.3. The Hall–Kier alpha value is -2.75. The molecule has 4 atom stereocenters. The number of benzene rings is 1. The molecule has 1 aromatic rings. The predicted octanol–water partition coefficient (Wildman–Crippen LogP) is 2.45. The Morgan fingerprint density at radius 2 is 1.88 bits per heavy atom. The average Bonchev–Trinajstić information content (AvgIpc) is 3.01. The highest BCUT2D eigenvalue weighted by Gasteiger charge is 2.64. The summed E-state index contributed by atoms with van der Waals surface area (Å²) in [5, 5.41) is 21.3. The van der Waals surface area contributed by atoms with Gasteiger partial charge in [0.25, 0.3) is 0 Å². The Kier molecular flexibility index (Phi) is 7.56. The molecule has 0 bridgehead atoms. The fraction of sp³-hybridized carbons (Fsp3) is 0.565. The average molecular weight is 479 g/mol. The molecule has 0 spiro atoms. The minimum absolute atomic E-state index is 0.0708. The van der Waals surface area contributed by atoms with Crippen LogP contribution < -0.4 is 10.1 Å². The maximum atomic E-state index is 12.5. The Morgan fingerprint density at radius 3 is 2.45 bits per heavy atom. The van der Waals surface area contributed by atoms with Crippen molar-refractivity contribution in [3.05, 3.63) is 29.8 Å². The number of fused-ring (bicyclic) bond motifs is 1. The van der Waals surface area contributed by atoms with Gasteiger partial charge in [0.2, 0.25) is 11.8 Å². The number of amides is 2. The molecule has 2 aliphatic rings. The van der Waals surface area contributed by atoms with E-state index in [1.54, 1.807) is 38.1 Å². The number of nitrogens with zero attached hydrogens (tertiary/aromatic N) is 1. The lowest BCUT2D eigenvalue weighted by Gasteiger charge is -2.43. The fourth-order valence-corrected chi connectivity index (χ4v) is 5.86. The first-order valence-electron chi connectivity index (χ1n) is 11.0. The van der Waals surface area contributed by atoms with Gasteiger partial charge in [0.1, 0.15) is 23.2 Å². The third-order valence-corrected chi connectivity index (χ3v) is 7.57. The van der Waals surface area contributed by atoms with Crippen LogP contribution in [0.25, 0.3) is 0 Å². The quantitative estimate of drug-likeness (QED) is 0.326. The highest BCUT2D eigenvalue weighted by molar-refractivity contribution is 8.01. The van der Waals surface area contributed by atoms with E-state index in [9.17, 15) is 29.4 Å². The third kappa shape index (κ3) is 5.26. The third-order valence-electron chi connectivity index (χ3n) is 6.00. The SMILES string of the molecule is CCCCOc1ccc([C@H](CCC(=O)N[C@H]2C(=O)N3[C@@H](C(=O)O)C(C)(C)S[C@@H]23)C(=O)O)cc1. The molecule has 1 aromatic carbocycles. The first-order valence-corrected chi connectivity index (χ1v) is 11.9. The van der Waals surface area contributed by atoms with Gasteiger partial charge >= 0.3 is 11.9 Å². The van der Waals surface area contributed by atoms with Crippen LogP contribution >= 0.6 is 11.8 Å². The predicted molar refractivity (Wildman–Crippen MR) is 122 cm³/mol. The zero-order valence-corrected chi connectivity index (χ0v) is 19.8. The zero-order valence-electron chi connectivity index (χ0n) is 18.9. The second-order valence-corrected chi connectivity index (χ2v) is 10.6. The van der Waals surface area contributed by atoms with Crippen molar-refractivity contribution in [3.63, 3.8) is 0 Å². The number of unbranched alkanes of at least 4 members (excludes halogenated alkanes) is 1. The lowest BCUT2D eigenvalue weighted by atomic mass is 9.93. The molecule has 10 heteroatoms. The van der Waals surface area contributed by atoms with Crippen molar-refractivity contribution in [3.8, 4) is 5.75 Å². The van der Waals surface area contributed by atoms with Gasteiger partial charge in [-0.2, -0.15) is 0 Å². The van der Waals surface area contributed by atoms with Crippen molar-refractivity contribution >= 4 is 35.5 Å². The first-order chi connectivity index (χ1) is 15.6. The van der Waals surface area contributed by atoms with E-state index in [0.717, 1.165) is 12.8 Å². The van der Waals surface area contributed by atoms with Gasteiger partial charge in [0, 0.05) is 11.2 Å². The van der Waals surface area contributed by atoms with Gasteiger partial charge in [-0.05, 0) is 44.4 Å². The largest absolute Gasteiger partial charge is 0.494 e. The van der Waals surface area contributed by atoms with E-state index < -0.39 is 51.9 Å². The van der Waals surface area contributed by atoms with E-state index in [-0.39, 0.29) is 12.8 Å². The molecule has 2 amide bonds. The molecule has 33 heavy (non-hydrogen) atoms. The molecule has 0 aliphatic carbocycles. The summed E-state index contributed by atoms with van der Waals surface area (Å²) in [6, 6.07) is 5.08. The van der Waals surface area contributed by atoms with Crippen LogP contribution in [0.4, 0.5) is 0 Å². The number of nitrogens with one attached hydrogen (secondary N) is 1. The van der Waals surface area contributed by atoms with Gasteiger partial charge in [-0.3, -0.25) is 14.4 Å². The van der Waals surface area contributed by atoms with Crippen LogP contribution in [0.3, 0.4) is 0 Å². The molecule has 0 saturated carbocycles. The number of aliphatic carboxylic acids is 2. The van der Waals surface area contributed by atoms with Crippen LogP contribution in [-0.2, 0) is 19.2 Å². The number of hydrogen-bond donors (Lipinski definition) is 3. The number of rotatable bonds is 11. The Balaban J connectivity index is 1.55. The summed E-state index contributed by atoms with van der Waals surface area (Å²) < 4.78 is 4.92. The van der Waals surface area contributed by atoms with Crippen molar-refractivity contribution in [1.29, 1.82) is 0 Å². The summed E-state index contributed by atoms with van der Waals surface area (Å²) in [6.45, 7) is 6.19. The number of hydrogen-bond acceptors (Lipinski definition) is 6. The van der Waals surface area contributed by atoms with E-state index in [2.05, 4.69) is 12.2 Å². The van der Waals surface area contributed by atoms with Crippen molar-refractivity contribution in [2.75, 3.05) is 6.61 Å². The Bertz CT molecular complexity index is 918. The van der Waals surface area contributed by atoms with Crippen LogP contribution in [-0.4, -0.2) is 67.7 Å². The van der Waals surface area contributed by atoms with Crippen molar-refractivity contribution in [2.24, 2.45) is 0 Å². The van der Waals surface area contributed by atoms with Gasteiger partial charge in [0.15, 0.2) is 0 Å². The van der Waals surface area contributed by atoms with Crippen LogP contribution in [0.1, 0.15) is 57.9 Å². The molecule has 3 rings (SSSR count). The molecule has 0 radical (unpaired) electrons. The second kappa shape index (κ2) is 10.0. The maximum absolute atomic E-state index is 12.5. The normalized spacial score (nSPS) is 23.9. The smallest absolute Gasteiger partial charge is 0.327 e. The van der Waals surface area contributed by atoms with Crippen LogP contribution in [0, 0.1) is 0 Å². The van der Waals surface area contributed by atoms with Crippen molar-refractivity contribution < 1.29 is 34.1 Å². The number of carbonyl (C=O) groups excluding carboxylic acids is 2. The summed E-state index contributed by atoms with van der Waals surface area (Å²) in [6.07, 6.45) is 1.95.